The molecule has 1 aliphatic rings. The molecule has 0 aliphatic carbocycles. The average Bonchev–Trinajstić information content (AvgIpc) is 2.92. The maximum atomic E-state index is 14.3. The van der Waals surface area contributed by atoms with Crippen LogP contribution in [0.5, 0.6) is 0 Å². The van der Waals surface area contributed by atoms with Crippen LogP contribution in [-0.4, -0.2) is 32.9 Å². The van der Waals surface area contributed by atoms with Crippen molar-refractivity contribution in [2.24, 2.45) is 0 Å². The molecule has 2 aromatic rings. The zero-order chi connectivity index (χ0) is 14.8. The maximum absolute atomic E-state index is 14.3. The van der Waals surface area contributed by atoms with Crippen LogP contribution >= 0.6 is 0 Å². The zero-order valence-corrected chi connectivity index (χ0v) is 11.9. The van der Waals surface area contributed by atoms with E-state index in [4.69, 9.17) is 10.5 Å². The number of nitrogens with two attached hydrogens (primary N) is 1. The van der Waals surface area contributed by atoms with Gasteiger partial charge in [-0.2, -0.15) is 0 Å². The summed E-state index contributed by atoms with van der Waals surface area (Å²) in [5.41, 5.74) is 7.10. The molecular formula is C14H18FN5O. The van der Waals surface area contributed by atoms with Crippen molar-refractivity contribution in [2.75, 3.05) is 12.3 Å². The molecule has 1 aromatic carbocycles. The number of nitrogens with zero attached hydrogens (tertiary/aromatic N) is 4. The van der Waals surface area contributed by atoms with Crippen LogP contribution in [0.2, 0.25) is 0 Å². The lowest BCUT2D eigenvalue weighted by Gasteiger charge is -2.22. The molecule has 7 heteroatoms. The van der Waals surface area contributed by atoms with Crippen LogP contribution in [0.1, 0.15) is 24.8 Å². The fourth-order valence-corrected chi connectivity index (χ4v) is 2.62. The van der Waals surface area contributed by atoms with Crippen LogP contribution in [0.3, 0.4) is 0 Å². The number of ether oxygens (including phenoxy) is 1. The third-order valence-electron chi connectivity index (χ3n) is 3.70. The zero-order valence-electron chi connectivity index (χ0n) is 11.9. The van der Waals surface area contributed by atoms with Crippen molar-refractivity contribution in [1.82, 2.24) is 20.2 Å². The average molecular weight is 291 g/mol. The third-order valence-corrected chi connectivity index (χ3v) is 3.70. The van der Waals surface area contributed by atoms with Crippen molar-refractivity contribution in [3.05, 3.63) is 23.5 Å². The molecule has 2 heterocycles. The number of aromatic nitrogens is 4. The minimum absolute atomic E-state index is 0.0752. The topological polar surface area (TPSA) is 78.9 Å². The largest absolute Gasteiger partial charge is 0.399 e. The van der Waals surface area contributed by atoms with Crippen molar-refractivity contribution in [3.63, 3.8) is 0 Å². The van der Waals surface area contributed by atoms with Gasteiger partial charge in [0.05, 0.1) is 18.2 Å². The highest BCUT2D eigenvalue weighted by Gasteiger charge is 2.20. The van der Waals surface area contributed by atoms with Gasteiger partial charge in [0.15, 0.2) is 5.82 Å². The highest BCUT2D eigenvalue weighted by Crippen LogP contribution is 2.26. The van der Waals surface area contributed by atoms with Crippen molar-refractivity contribution in [1.29, 1.82) is 0 Å². The van der Waals surface area contributed by atoms with E-state index < -0.39 is 0 Å². The molecular weight excluding hydrogens is 273 g/mol. The van der Waals surface area contributed by atoms with E-state index >= 15 is 0 Å². The summed E-state index contributed by atoms with van der Waals surface area (Å²) in [6.07, 6.45) is 3.26. The number of aryl methyl sites for hydroxylation is 1. The smallest absolute Gasteiger partial charge is 0.185 e. The lowest BCUT2D eigenvalue weighted by atomic mass is 10.1. The van der Waals surface area contributed by atoms with E-state index in [9.17, 15) is 4.39 Å². The summed E-state index contributed by atoms with van der Waals surface area (Å²) in [5, 5.41) is 11.6. The molecule has 0 amide bonds. The van der Waals surface area contributed by atoms with Gasteiger partial charge in [0.1, 0.15) is 5.82 Å². The van der Waals surface area contributed by atoms with E-state index in [1.54, 1.807) is 23.7 Å². The molecule has 6 nitrogen and oxygen atoms in total. The molecule has 21 heavy (non-hydrogen) atoms. The number of tetrazole rings is 1. The van der Waals surface area contributed by atoms with Crippen molar-refractivity contribution in [2.45, 2.75) is 38.8 Å². The Bertz CT molecular complexity index is 636. The first-order valence-electron chi connectivity index (χ1n) is 7.09. The van der Waals surface area contributed by atoms with Gasteiger partial charge in [0, 0.05) is 12.3 Å². The Kier molecular flexibility index (Phi) is 3.83. The molecule has 1 saturated heterocycles. The fraction of sp³-hybridized carbons (Fsp3) is 0.500. The van der Waals surface area contributed by atoms with Gasteiger partial charge >= 0.3 is 0 Å². The van der Waals surface area contributed by atoms with Gasteiger partial charge in [-0.1, -0.05) is 0 Å². The first-order valence-corrected chi connectivity index (χ1v) is 7.09. The van der Waals surface area contributed by atoms with Crippen LogP contribution in [-0.2, 0) is 11.3 Å². The molecule has 0 radical (unpaired) electrons. The van der Waals surface area contributed by atoms with Crippen molar-refractivity contribution >= 4 is 5.69 Å². The predicted molar refractivity (Wildman–Crippen MR) is 76.0 cm³/mol. The Balaban J connectivity index is 1.91. The molecule has 0 saturated carbocycles. The number of hydrogen-bond acceptors (Lipinski definition) is 5. The third kappa shape index (κ3) is 2.87. The summed E-state index contributed by atoms with van der Waals surface area (Å²) in [7, 11) is 0. The monoisotopic (exact) mass is 291 g/mol. The van der Waals surface area contributed by atoms with Crippen LogP contribution in [0.4, 0.5) is 10.1 Å². The van der Waals surface area contributed by atoms with Gasteiger partial charge in [0.25, 0.3) is 0 Å². The van der Waals surface area contributed by atoms with E-state index in [-0.39, 0.29) is 11.9 Å². The standard InChI is InChI=1S/C14H18FN5O/c1-9-6-10(16)7-12(13(9)15)14-17-18-19-20(14)8-11-4-2-3-5-21-11/h6-7,11H,2-5,8,16H2,1H3. The summed E-state index contributed by atoms with van der Waals surface area (Å²) >= 11 is 0. The second kappa shape index (κ2) is 5.77. The summed E-state index contributed by atoms with van der Waals surface area (Å²) in [4.78, 5) is 0. The minimum Gasteiger partial charge on any atom is -0.399 e. The molecule has 1 fully saturated rings. The fourth-order valence-electron chi connectivity index (χ4n) is 2.62. The number of anilines is 1. The Morgan fingerprint density at radius 3 is 3.05 bits per heavy atom. The van der Waals surface area contributed by atoms with Crippen molar-refractivity contribution < 1.29 is 9.13 Å². The normalized spacial score (nSPS) is 18.9. The summed E-state index contributed by atoms with van der Waals surface area (Å²) in [5.74, 6) is 0.0434. The highest BCUT2D eigenvalue weighted by atomic mass is 19.1. The van der Waals surface area contributed by atoms with Gasteiger partial charge < -0.3 is 10.5 Å². The van der Waals surface area contributed by atoms with Crippen LogP contribution < -0.4 is 5.73 Å². The Morgan fingerprint density at radius 1 is 1.43 bits per heavy atom. The van der Waals surface area contributed by atoms with E-state index in [0.717, 1.165) is 25.9 Å². The second-order valence-electron chi connectivity index (χ2n) is 5.37. The van der Waals surface area contributed by atoms with Gasteiger partial charge in [0.2, 0.25) is 0 Å². The van der Waals surface area contributed by atoms with E-state index in [1.165, 1.54) is 0 Å². The predicted octanol–water partition coefficient (Wildman–Crippen LogP) is 1.94. The van der Waals surface area contributed by atoms with Gasteiger partial charge in [-0.15, -0.1) is 5.10 Å². The Morgan fingerprint density at radius 2 is 2.29 bits per heavy atom. The molecule has 1 atom stereocenters. The highest BCUT2D eigenvalue weighted by molar-refractivity contribution is 5.63. The number of nitrogen functional groups attached to an aromatic ring is 1. The molecule has 1 unspecified atom stereocenters. The lowest BCUT2D eigenvalue weighted by molar-refractivity contribution is 0.00396. The second-order valence-corrected chi connectivity index (χ2v) is 5.37. The lowest BCUT2D eigenvalue weighted by Crippen LogP contribution is -2.25. The SMILES string of the molecule is Cc1cc(N)cc(-c2nnnn2CC2CCCCO2)c1F. The molecule has 3 rings (SSSR count). The van der Waals surface area contributed by atoms with Crippen LogP contribution in [0.15, 0.2) is 12.1 Å². The summed E-state index contributed by atoms with van der Waals surface area (Å²) in [6.45, 7) is 2.96. The Hall–Kier alpha value is -2.02. The van der Waals surface area contributed by atoms with E-state index in [1.807, 2.05) is 0 Å². The quantitative estimate of drug-likeness (QED) is 0.874. The van der Waals surface area contributed by atoms with E-state index in [2.05, 4.69) is 15.5 Å². The summed E-state index contributed by atoms with van der Waals surface area (Å²) in [6, 6.07) is 3.16. The molecule has 2 N–H and O–H groups in total. The van der Waals surface area contributed by atoms with Crippen LogP contribution in [0, 0.1) is 12.7 Å². The first-order chi connectivity index (χ1) is 10.1. The molecule has 1 aliphatic heterocycles. The molecule has 0 bridgehead atoms. The summed E-state index contributed by atoms with van der Waals surface area (Å²) < 4.78 is 21.6. The van der Waals surface area contributed by atoms with Gasteiger partial charge in [-0.05, 0) is 54.3 Å². The number of hydrogen-bond donors (Lipinski definition) is 1. The van der Waals surface area contributed by atoms with Crippen LogP contribution in [0.25, 0.3) is 11.4 Å². The Labute approximate surface area is 122 Å². The van der Waals surface area contributed by atoms with E-state index in [0.29, 0.717) is 29.2 Å². The van der Waals surface area contributed by atoms with Gasteiger partial charge in [-0.25, -0.2) is 9.07 Å². The number of rotatable bonds is 3. The maximum Gasteiger partial charge on any atom is 0.185 e. The minimum atomic E-state index is -0.343. The van der Waals surface area contributed by atoms with Crippen molar-refractivity contribution in [3.8, 4) is 11.4 Å². The first kappa shape index (κ1) is 13.9. The molecule has 1 aromatic heterocycles. The van der Waals surface area contributed by atoms with Gasteiger partial charge in [-0.3, -0.25) is 0 Å². The molecule has 112 valence electrons. The number of benzene rings is 1. The number of halogens is 1. The molecule has 0 spiro atoms.